The fraction of sp³-hybridized carbons (Fsp3) is 0.261. The molecule has 4 aromatic rings. The number of hydrogen-bond donors (Lipinski definition) is 3. The van der Waals surface area contributed by atoms with Crippen LogP contribution in [0.1, 0.15) is 31.7 Å². The molecule has 0 amide bonds. The van der Waals surface area contributed by atoms with Crippen LogP contribution in [0.4, 0.5) is 32.1 Å². The van der Waals surface area contributed by atoms with E-state index in [1.54, 1.807) is 42.6 Å². The molecule has 2 heterocycles. The zero-order chi connectivity index (χ0) is 22.1. The number of para-hydroxylation sites is 2. The third-order valence-electron chi connectivity index (χ3n) is 5.70. The van der Waals surface area contributed by atoms with Crippen molar-refractivity contribution in [2.45, 2.75) is 37.8 Å². The highest BCUT2D eigenvalue weighted by Crippen LogP contribution is 2.35. The molecule has 0 radical (unpaired) electrons. The minimum atomic E-state index is -0.409. The van der Waals surface area contributed by atoms with Crippen molar-refractivity contribution < 1.29 is 13.9 Å². The fourth-order valence-electron chi connectivity index (χ4n) is 4.07. The number of aliphatic hydroxyl groups excluding tert-OH is 1. The molecule has 1 aliphatic carbocycles. The molecule has 0 unspecified atom stereocenters. The van der Waals surface area contributed by atoms with E-state index in [2.05, 4.69) is 25.6 Å². The van der Waals surface area contributed by atoms with E-state index < -0.39 is 11.6 Å². The van der Waals surface area contributed by atoms with Crippen LogP contribution in [0.25, 0.3) is 11.2 Å². The van der Waals surface area contributed by atoms with Crippen molar-refractivity contribution in [1.29, 1.82) is 0 Å². The van der Waals surface area contributed by atoms with E-state index >= 15 is 0 Å². The Morgan fingerprint density at radius 3 is 2.12 bits per heavy atom. The number of hydrogen-bond acceptors (Lipinski definition) is 6. The van der Waals surface area contributed by atoms with E-state index in [0.717, 1.165) is 12.8 Å². The van der Waals surface area contributed by atoms with Crippen LogP contribution in [-0.2, 0) is 0 Å². The van der Waals surface area contributed by atoms with Crippen molar-refractivity contribution in [2.24, 2.45) is 0 Å². The molecular formula is C23H22F2N6O. The van der Waals surface area contributed by atoms with Crippen molar-refractivity contribution in [3.63, 3.8) is 0 Å². The molecule has 1 fully saturated rings. The number of aromatic nitrogens is 4. The minimum Gasteiger partial charge on any atom is -0.393 e. The molecule has 0 aliphatic heterocycles. The molecule has 1 saturated carbocycles. The topological polar surface area (TPSA) is 87.9 Å². The summed E-state index contributed by atoms with van der Waals surface area (Å²) < 4.78 is 30.3. The van der Waals surface area contributed by atoms with Crippen LogP contribution in [0, 0.1) is 11.6 Å². The van der Waals surface area contributed by atoms with Gasteiger partial charge in [-0.2, -0.15) is 4.98 Å². The smallest absolute Gasteiger partial charge is 0.229 e. The molecule has 0 saturated heterocycles. The Morgan fingerprint density at radius 1 is 0.844 bits per heavy atom. The van der Waals surface area contributed by atoms with E-state index in [-0.39, 0.29) is 23.8 Å². The number of nitrogens with zero attached hydrogens (tertiary/aromatic N) is 4. The van der Waals surface area contributed by atoms with E-state index in [4.69, 9.17) is 0 Å². The Labute approximate surface area is 183 Å². The van der Waals surface area contributed by atoms with Gasteiger partial charge in [0.25, 0.3) is 0 Å². The number of halogens is 2. The average molecular weight is 436 g/mol. The lowest BCUT2D eigenvalue weighted by atomic mass is 9.93. The molecule has 9 heteroatoms. The van der Waals surface area contributed by atoms with Crippen molar-refractivity contribution in [3.05, 3.63) is 66.4 Å². The molecule has 2 aromatic carbocycles. The molecule has 2 aromatic heterocycles. The fourth-order valence-corrected chi connectivity index (χ4v) is 4.07. The lowest BCUT2D eigenvalue weighted by Gasteiger charge is -2.28. The average Bonchev–Trinajstić information content (AvgIpc) is 3.15. The highest BCUT2D eigenvalue weighted by Gasteiger charge is 2.26. The molecular weight excluding hydrogens is 414 g/mol. The Morgan fingerprint density at radius 2 is 1.47 bits per heavy atom. The van der Waals surface area contributed by atoms with Crippen molar-refractivity contribution in [2.75, 3.05) is 10.6 Å². The van der Waals surface area contributed by atoms with Gasteiger partial charge in [-0.25, -0.2) is 18.7 Å². The van der Waals surface area contributed by atoms with Crippen LogP contribution in [0.2, 0.25) is 0 Å². The molecule has 0 bridgehead atoms. The molecule has 0 spiro atoms. The molecule has 32 heavy (non-hydrogen) atoms. The summed E-state index contributed by atoms with van der Waals surface area (Å²) in [5.74, 6) is -0.119. The Hall–Kier alpha value is -3.59. The molecule has 3 N–H and O–H groups in total. The number of imidazole rings is 1. The Balaban J connectivity index is 1.57. The highest BCUT2D eigenvalue weighted by molar-refractivity contribution is 5.77. The maximum atomic E-state index is 14.3. The van der Waals surface area contributed by atoms with Gasteiger partial charge in [0.1, 0.15) is 17.2 Å². The molecule has 0 atom stereocenters. The van der Waals surface area contributed by atoms with Gasteiger partial charge >= 0.3 is 0 Å². The van der Waals surface area contributed by atoms with Crippen molar-refractivity contribution >= 4 is 34.4 Å². The number of fused-ring (bicyclic) bond motifs is 1. The summed E-state index contributed by atoms with van der Waals surface area (Å²) in [6, 6.07) is 12.7. The van der Waals surface area contributed by atoms with E-state index in [9.17, 15) is 13.9 Å². The van der Waals surface area contributed by atoms with Gasteiger partial charge in [-0.15, -0.1) is 0 Å². The number of benzene rings is 2. The Bertz CT molecular complexity index is 1250. The summed E-state index contributed by atoms with van der Waals surface area (Å²) in [4.78, 5) is 13.5. The van der Waals surface area contributed by atoms with Crippen molar-refractivity contribution in [3.8, 4) is 0 Å². The summed E-state index contributed by atoms with van der Waals surface area (Å²) in [6.07, 6.45) is 4.03. The van der Waals surface area contributed by atoms with Gasteiger partial charge in [-0.1, -0.05) is 24.3 Å². The van der Waals surface area contributed by atoms with Gasteiger partial charge in [-0.05, 0) is 49.9 Å². The first-order valence-corrected chi connectivity index (χ1v) is 10.5. The van der Waals surface area contributed by atoms with Gasteiger partial charge in [0.05, 0.1) is 23.7 Å². The number of rotatable bonds is 5. The standard InChI is InChI=1S/C23H22F2N6O/c24-16-5-1-3-7-18(16)27-22-26-13-20-21(30-22)31(14-9-11-15(32)12-10-14)23(29-20)28-19-8-4-2-6-17(19)25/h1-8,13-15,32H,9-12H2,(H,28,29)(H,26,27,30)/t14-,15-. The number of nitrogens with one attached hydrogen (secondary N) is 2. The molecule has 164 valence electrons. The van der Waals surface area contributed by atoms with Crippen LogP contribution in [0.15, 0.2) is 54.7 Å². The van der Waals surface area contributed by atoms with E-state index in [1.807, 2.05) is 4.57 Å². The van der Waals surface area contributed by atoms with Crippen LogP contribution >= 0.6 is 0 Å². The van der Waals surface area contributed by atoms with E-state index in [0.29, 0.717) is 35.6 Å². The van der Waals surface area contributed by atoms with Crippen molar-refractivity contribution in [1.82, 2.24) is 19.5 Å². The third-order valence-corrected chi connectivity index (χ3v) is 5.70. The van der Waals surface area contributed by atoms with Crippen LogP contribution in [0.5, 0.6) is 0 Å². The van der Waals surface area contributed by atoms with E-state index in [1.165, 1.54) is 12.1 Å². The first-order chi connectivity index (χ1) is 15.6. The quantitative estimate of drug-likeness (QED) is 0.405. The molecule has 7 nitrogen and oxygen atoms in total. The summed E-state index contributed by atoms with van der Waals surface area (Å²) in [5, 5.41) is 15.9. The van der Waals surface area contributed by atoms with Crippen LogP contribution < -0.4 is 10.6 Å². The summed E-state index contributed by atoms with van der Waals surface area (Å²) >= 11 is 0. The SMILES string of the molecule is O[C@H]1CC[C@H](n2c(Nc3ccccc3F)nc3cnc(Nc4ccccc4F)nc32)CC1. The van der Waals surface area contributed by atoms with Gasteiger partial charge in [0, 0.05) is 6.04 Å². The monoisotopic (exact) mass is 436 g/mol. The predicted octanol–water partition coefficient (Wildman–Crippen LogP) is 5.07. The van der Waals surface area contributed by atoms with Gasteiger partial charge in [-0.3, -0.25) is 4.57 Å². The maximum Gasteiger partial charge on any atom is 0.229 e. The first kappa shape index (κ1) is 20.3. The number of anilines is 4. The first-order valence-electron chi connectivity index (χ1n) is 10.5. The highest BCUT2D eigenvalue weighted by atomic mass is 19.1. The number of aliphatic hydroxyl groups is 1. The third kappa shape index (κ3) is 3.99. The van der Waals surface area contributed by atoms with Gasteiger partial charge in [0.15, 0.2) is 5.65 Å². The summed E-state index contributed by atoms with van der Waals surface area (Å²) in [6.45, 7) is 0. The van der Waals surface area contributed by atoms with Crippen LogP contribution in [0.3, 0.4) is 0 Å². The zero-order valence-electron chi connectivity index (χ0n) is 17.2. The lowest BCUT2D eigenvalue weighted by molar-refractivity contribution is 0.112. The van der Waals surface area contributed by atoms with Crippen LogP contribution in [-0.4, -0.2) is 30.7 Å². The second-order valence-electron chi connectivity index (χ2n) is 7.88. The second-order valence-corrected chi connectivity index (χ2v) is 7.88. The lowest BCUT2D eigenvalue weighted by Crippen LogP contribution is -2.22. The summed E-state index contributed by atoms with van der Waals surface area (Å²) in [7, 11) is 0. The zero-order valence-corrected chi connectivity index (χ0v) is 17.2. The molecule has 5 rings (SSSR count). The maximum absolute atomic E-state index is 14.3. The summed E-state index contributed by atoms with van der Waals surface area (Å²) in [5.41, 5.74) is 1.66. The second kappa shape index (κ2) is 8.51. The predicted molar refractivity (Wildman–Crippen MR) is 118 cm³/mol. The minimum absolute atomic E-state index is 0.0221. The largest absolute Gasteiger partial charge is 0.393 e. The molecule has 1 aliphatic rings. The van der Waals surface area contributed by atoms with Gasteiger partial charge < -0.3 is 15.7 Å². The Kier molecular flexibility index (Phi) is 5.40. The van der Waals surface area contributed by atoms with Gasteiger partial charge in [0.2, 0.25) is 11.9 Å². The normalized spacial score (nSPS) is 18.6.